The van der Waals surface area contributed by atoms with Crippen LogP contribution in [-0.2, 0) is 10.2 Å². The van der Waals surface area contributed by atoms with Crippen molar-refractivity contribution in [1.82, 2.24) is 14.8 Å². The lowest BCUT2D eigenvalue weighted by atomic mass is 9.87. The Hall–Kier alpha value is -3.48. The molecule has 0 saturated heterocycles. The molecule has 1 aliphatic heterocycles. The number of rotatable bonds is 3. The fourth-order valence-corrected chi connectivity index (χ4v) is 3.35. The zero-order chi connectivity index (χ0) is 20.6. The van der Waals surface area contributed by atoms with E-state index in [0.29, 0.717) is 11.5 Å². The largest absolute Gasteiger partial charge is 0.295 e. The van der Waals surface area contributed by atoms with Crippen LogP contribution in [0, 0.1) is 0 Å². The van der Waals surface area contributed by atoms with Crippen molar-refractivity contribution in [3.63, 3.8) is 0 Å². The summed E-state index contributed by atoms with van der Waals surface area (Å²) in [5.74, 6) is 0.0619. The minimum atomic E-state index is -0.295. The Morgan fingerprint density at radius 3 is 2.45 bits per heavy atom. The Balaban J connectivity index is 1.57. The highest BCUT2D eigenvalue weighted by molar-refractivity contribution is 6.03. The van der Waals surface area contributed by atoms with Gasteiger partial charge in [0, 0.05) is 5.56 Å². The van der Waals surface area contributed by atoms with Gasteiger partial charge in [-0.05, 0) is 28.7 Å². The molecular formula is C22H23N5O2. The van der Waals surface area contributed by atoms with Crippen LogP contribution in [0.1, 0.15) is 54.7 Å². The third-order valence-corrected chi connectivity index (χ3v) is 4.98. The Kier molecular flexibility index (Phi) is 4.66. The predicted molar refractivity (Wildman–Crippen MR) is 111 cm³/mol. The highest BCUT2D eigenvalue weighted by atomic mass is 16.2. The lowest BCUT2D eigenvalue weighted by Crippen LogP contribution is -2.29. The number of anilines is 2. The molecule has 1 aromatic heterocycles. The van der Waals surface area contributed by atoms with Crippen LogP contribution >= 0.6 is 0 Å². The quantitative estimate of drug-likeness (QED) is 0.714. The number of amides is 2. The minimum Gasteiger partial charge on any atom is -0.295 e. The second-order valence-corrected chi connectivity index (χ2v) is 8.16. The van der Waals surface area contributed by atoms with Crippen LogP contribution in [0.4, 0.5) is 11.9 Å². The molecular weight excluding hydrogens is 366 g/mol. The van der Waals surface area contributed by atoms with E-state index in [2.05, 4.69) is 41.5 Å². The third-order valence-electron chi connectivity index (χ3n) is 4.98. The minimum absolute atomic E-state index is 0.0180. The summed E-state index contributed by atoms with van der Waals surface area (Å²) in [6.07, 6.45) is 0.266. The molecule has 29 heavy (non-hydrogen) atoms. The number of nitrogens with one attached hydrogen (secondary N) is 2. The summed E-state index contributed by atoms with van der Waals surface area (Å²) in [5.41, 5.74) is 2.65. The summed E-state index contributed by atoms with van der Waals surface area (Å²) in [6.45, 7) is 6.37. The van der Waals surface area contributed by atoms with Gasteiger partial charge < -0.3 is 0 Å². The summed E-state index contributed by atoms with van der Waals surface area (Å²) in [6, 6.07) is 16.9. The summed E-state index contributed by atoms with van der Waals surface area (Å²) < 4.78 is 1.65. The third kappa shape index (κ3) is 3.89. The number of carbonyl (C=O) groups excluding carboxylic acids is 2. The average molecular weight is 389 g/mol. The molecule has 0 radical (unpaired) electrons. The van der Waals surface area contributed by atoms with E-state index in [-0.39, 0.29) is 35.6 Å². The molecule has 1 unspecified atom stereocenters. The molecule has 0 saturated carbocycles. The van der Waals surface area contributed by atoms with E-state index in [9.17, 15) is 9.59 Å². The molecule has 0 spiro atoms. The molecule has 1 aliphatic rings. The lowest BCUT2D eigenvalue weighted by molar-refractivity contribution is -0.117. The average Bonchev–Trinajstić information content (AvgIpc) is 3.09. The van der Waals surface area contributed by atoms with Crippen molar-refractivity contribution in [2.24, 2.45) is 0 Å². The smallest absolute Gasteiger partial charge is 0.258 e. The molecule has 4 rings (SSSR count). The molecule has 7 heteroatoms. The van der Waals surface area contributed by atoms with Gasteiger partial charge >= 0.3 is 0 Å². The van der Waals surface area contributed by atoms with Gasteiger partial charge in [-0.25, -0.2) is 4.68 Å². The second-order valence-electron chi connectivity index (χ2n) is 8.16. The van der Waals surface area contributed by atoms with Crippen molar-refractivity contribution >= 4 is 23.7 Å². The van der Waals surface area contributed by atoms with Crippen molar-refractivity contribution in [3.05, 3.63) is 71.3 Å². The first kappa shape index (κ1) is 18.9. The maximum absolute atomic E-state index is 12.6. The van der Waals surface area contributed by atoms with Crippen LogP contribution in [0.25, 0.3) is 0 Å². The van der Waals surface area contributed by atoms with Gasteiger partial charge in [0.15, 0.2) is 0 Å². The van der Waals surface area contributed by atoms with E-state index in [1.165, 1.54) is 0 Å². The standard InChI is InChI=1S/C22H23N5O2/c1-22(2,3)16-11-9-15(10-12-16)19(29)24-20-25-21-23-18(28)13-17(27(21)26-20)14-7-5-4-6-8-14/h4-12,17H,13H2,1-3H3,(H2,23,24,25,26,28,29). The van der Waals surface area contributed by atoms with Crippen LogP contribution in [0.3, 0.4) is 0 Å². The molecule has 0 aliphatic carbocycles. The number of hydrogen-bond donors (Lipinski definition) is 2. The Morgan fingerprint density at radius 2 is 1.79 bits per heavy atom. The van der Waals surface area contributed by atoms with E-state index in [0.717, 1.165) is 11.1 Å². The fourth-order valence-electron chi connectivity index (χ4n) is 3.35. The highest BCUT2D eigenvalue weighted by Gasteiger charge is 2.29. The van der Waals surface area contributed by atoms with E-state index in [4.69, 9.17) is 0 Å². The lowest BCUT2D eigenvalue weighted by Gasteiger charge is -2.23. The van der Waals surface area contributed by atoms with E-state index < -0.39 is 0 Å². The van der Waals surface area contributed by atoms with Crippen LogP contribution in [0.5, 0.6) is 0 Å². The van der Waals surface area contributed by atoms with Crippen molar-refractivity contribution in [2.75, 3.05) is 10.6 Å². The maximum Gasteiger partial charge on any atom is 0.258 e. The zero-order valence-electron chi connectivity index (χ0n) is 16.6. The first-order valence-electron chi connectivity index (χ1n) is 9.54. The van der Waals surface area contributed by atoms with Crippen molar-refractivity contribution < 1.29 is 9.59 Å². The second kappa shape index (κ2) is 7.16. The van der Waals surface area contributed by atoms with Gasteiger partial charge in [-0.2, -0.15) is 4.98 Å². The van der Waals surface area contributed by atoms with Gasteiger partial charge in [0.25, 0.3) is 11.9 Å². The fraction of sp³-hybridized carbons (Fsp3) is 0.273. The Morgan fingerprint density at radius 1 is 1.10 bits per heavy atom. The molecule has 2 N–H and O–H groups in total. The zero-order valence-corrected chi connectivity index (χ0v) is 16.6. The van der Waals surface area contributed by atoms with Crippen LogP contribution < -0.4 is 10.6 Å². The molecule has 2 heterocycles. The SMILES string of the molecule is CC(C)(C)c1ccc(C(=O)Nc2nc3n(n2)C(c2ccccc2)CC(=O)N3)cc1. The van der Waals surface area contributed by atoms with Crippen molar-refractivity contribution in [1.29, 1.82) is 0 Å². The highest BCUT2D eigenvalue weighted by Crippen LogP contribution is 2.29. The molecule has 2 aromatic carbocycles. The van der Waals surface area contributed by atoms with E-state index >= 15 is 0 Å². The summed E-state index contributed by atoms with van der Waals surface area (Å²) in [5, 5.41) is 9.87. The monoisotopic (exact) mass is 389 g/mol. The normalized spacial score (nSPS) is 16.1. The van der Waals surface area contributed by atoms with Crippen LogP contribution in [0.15, 0.2) is 54.6 Å². The first-order valence-corrected chi connectivity index (χ1v) is 9.54. The summed E-state index contributed by atoms with van der Waals surface area (Å²) >= 11 is 0. The number of benzene rings is 2. The van der Waals surface area contributed by atoms with Gasteiger partial charge in [-0.3, -0.25) is 20.2 Å². The van der Waals surface area contributed by atoms with Gasteiger partial charge in [0.2, 0.25) is 11.9 Å². The number of carbonyl (C=O) groups is 2. The topological polar surface area (TPSA) is 88.9 Å². The van der Waals surface area contributed by atoms with Gasteiger partial charge in [0.05, 0.1) is 12.5 Å². The van der Waals surface area contributed by atoms with Gasteiger partial charge in [-0.1, -0.05) is 63.2 Å². The van der Waals surface area contributed by atoms with Crippen LogP contribution in [0.2, 0.25) is 0 Å². The van der Waals surface area contributed by atoms with Crippen molar-refractivity contribution in [3.8, 4) is 0 Å². The Labute approximate surface area is 169 Å². The molecule has 1 atom stereocenters. The maximum atomic E-state index is 12.6. The molecule has 7 nitrogen and oxygen atoms in total. The van der Waals surface area contributed by atoms with E-state index in [1.54, 1.807) is 16.8 Å². The number of aromatic nitrogens is 3. The molecule has 0 fully saturated rings. The van der Waals surface area contributed by atoms with E-state index in [1.807, 2.05) is 42.5 Å². The molecule has 3 aromatic rings. The summed E-state index contributed by atoms with van der Waals surface area (Å²) in [4.78, 5) is 29.0. The number of nitrogens with zero attached hydrogens (tertiary/aromatic N) is 3. The predicted octanol–water partition coefficient (Wildman–Crippen LogP) is 3.76. The summed E-state index contributed by atoms with van der Waals surface area (Å²) in [7, 11) is 0. The van der Waals surface area contributed by atoms with Crippen LogP contribution in [-0.4, -0.2) is 26.6 Å². The molecule has 2 amide bonds. The molecule has 0 bridgehead atoms. The van der Waals surface area contributed by atoms with Gasteiger partial charge in [-0.15, -0.1) is 5.10 Å². The number of hydrogen-bond acceptors (Lipinski definition) is 4. The van der Waals surface area contributed by atoms with Gasteiger partial charge in [0.1, 0.15) is 0 Å². The molecule has 148 valence electrons. The first-order chi connectivity index (χ1) is 13.8. The number of fused-ring (bicyclic) bond motifs is 1. The van der Waals surface area contributed by atoms with Crippen molar-refractivity contribution in [2.45, 2.75) is 38.6 Å². The Bertz CT molecular complexity index is 1050.